The molecule has 0 fully saturated rings. The molecule has 0 aromatic heterocycles. The number of hydrogen-bond acceptors (Lipinski definition) is 6. The normalized spacial score (nSPS) is 12.1. The predicted molar refractivity (Wildman–Crippen MR) is 270 cm³/mol. The van der Waals surface area contributed by atoms with Crippen molar-refractivity contribution in [3.63, 3.8) is 0 Å². The van der Waals surface area contributed by atoms with Crippen molar-refractivity contribution in [2.24, 2.45) is 0 Å². The summed E-state index contributed by atoms with van der Waals surface area (Å²) in [6.45, 7) is 6.60. The number of carbonyl (C=O) groups excluding carboxylic acids is 3. The first-order chi connectivity index (χ1) is 31.0. The van der Waals surface area contributed by atoms with Crippen molar-refractivity contribution in [3.05, 3.63) is 24.3 Å². The summed E-state index contributed by atoms with van der Waals surface area (Å²) in [5.74, 6) is -0.875. The molecule has 0 N–H and O–H groups in total. The number of unbranched alkanes of at least 4 members (excludes halogenated alkanes) is 36. The molecule has 0 bridgehead atoms. The van der Waals surface area contributed by atoms with E-state index in [1.165, 1.54) is 180 Å². The third-order valence-corrected chi connectivity index (χ3v) is 12.5. The molecule has 0 saturated carbocycles. The lowest BCUT2D eigenvalue weighted by atomic mass is 10.0. The van der Waals surface area contributed by atoms with Crippen LogP contribution in [0.5, 0.6) is 0 Å². The highest BCUT2D eigenvalue weighted by Gasteiger charge is 2.19. The summed E-state index contributed by atoms with van der Waals surface area (Å²) < 4.78 is 16.8. The lowest BCUT2D eigenvalue weighted by Crippen LogP contribution is -2.30. The Morgan fingerprint density at radius 1 is 0.317 bits per heavy atom. The highest BCUT2D eigenvalue weighted by atomic mass is 16.6. The third-order valence-electron chi connectivity index (χ3n) is 12.5. The van der Waals surface area contributed by atoms with Gasteiger partial charge in [-0.05, 0) is 44.9 Å². The molecule has 0 aromatic rings. The van der Waals surface area contributed by atoms with Gasteiger partial charge in [-0.1, -0.05) is 263 Å². The average Bonchev–Trinajstić information content (AvgIpc) is 3.28. The van der Waals surface area contributed by atoms with Gasteiger partial charge in [0.1, 0.15) is 13.2 Å². The lowest BCUT2D eigenvalue weighted by Gasteiger charge is -2.18. The Hall–Kier alpha value is -2.11. The monoisotopic (exact) mass is 887 g/mol. The van der Waals surface area contributed by atoms with Crippen LogP contribution in [0.4, 0.5) is 0 Å². The Balaban J connectivity index is 4.15. The molecule has 0 aliphatic carbocycles. The first kappa shape index (κ1) is 60.9. The molecule has 0 heterocycles. The standard InChI is InChI=1S/C57H106O6/c1-4-7-10-13-16-19-21-23-25-26-27-28-29-30-31-32-33-35-36-38-41-44-47-50-56(59)62-53-54(52-61-55(58)49-46-43-40-18-15-12-9-6-3)63-57(60)51-48-45-42-39-37-34-24-22-20-17-14-11-8-5-2/h14,17,22,24,54H,4-13,15-16,18-21,23,25-53H2,1-3H3/b17-14-,24-22-. The van der Waals surface area contributed by atoms with Gasteiger partial charge in [0.25, 0.3) is 0 Å². The van der Waals surface area contributed by atoms with Gasteiger partial charge in [-0.2, -0.15) is 0 Å². The van der Waals surface area contributed by atoms with Crippen LogP contribution in [0.2, 0.25) is 0 Å². The highest BCUT2D eigenvalue weighted by Crippen LogP contribution is 2.17. The summed E-state index contributed by atoms with van der Waals surface area (Å²) in [6.07, 6.45) is 60.5. The number of hydrogen-bond donors (Lipinski definition) is 0. The minimum absolute atomic E-state index is 0.0724. The molecule has 0 rings (SSSR count). The highest BCUT2D eigenvalue weighted by molar-refractivity contribution is 5.71. The number of rotatable bonds is 51. The second-order valence-corrected chi connectivity index (χ2v) is 18.9. The number of allylic oxidation sites excluding steroid dienone is 4. The molecule has 0 aromatic carbocycles. The van der Waals surface area contributed by atoms with Gasteiger partial charge in [0.2, 0.25) is 0 Å². The van der Waals surface area contributed by atoms with Gasteiger partial charge in [-0.15, -0.1) is 0 Å². The van der Waals surface area contributed by atoms with E-state index >= 15 is 0 Å². The van der Waals surface area contributed by atoms with Gasteiger partial charge in [0, 0.05) is 19.3 Å². The predicted octanol–water partition coefficient (Wildman–Crippen LogP) is 18.3. The van der Waals surface area contributed by atoms with Gasteiger partial charge in [-0.25, -0.2) is 0 Å². The topological polar surface area (TPSA) is 78.9 Å². The van der Waals surface area contributed by atoms with Crippen LogP contribution in [-0.4, -0.2) is 37.2 Å². The van der Waals surface area contributed by atoms with E-state index in [9.17, 15) is 14.4 Å². The molecule has 0 amide bonds. The van der Waals surface area contributed by atoms with E-state index in [0.29, 0.717) is 19.3 Å². The molecular weight excluding hydrogens is 781 g/mol. The summed E-state index contributed by atoms with van der Waals surface area (Å²) in [5.41, 5.74) is 0. The first-order valence-electron chi connectivity index (χ1n) is 27.8. The summed E-state index contributed by atoms with van der Waals surface area (Å²) in [4.78, 5) is 37.9. The summed E-state index contributed by atoms with van der Waals surface area (Å²) in [6, 6.07) is 0. The van der Waals surface area contributed by atoms with Gasteiger partial charge in [-0.3, -0.25) is 14.4 Å². The van der Waals surface area contributed by atoms with E-state index in [-0.39, 0.29) is 31.1 Å². The molecule has 0 radical (unpaired) electrons. The summed E-state index contributed by atoms with van der Waals surface area (Å²) in [7, 11) is 0. The molecule has 1 unspecified atom stereocenters. The maximum Gasteiger partial charge on any atom is 0.306 e. The van der Waals surface area contributed by atoms with Crippen molar-refractivity contribution in [2.45, 2.75) is 309 Å². The maximum absolute atomic E-state index is 12.8. The quantitative estimate of drug-likeness (QED) is 0.0262. The van der Waals surface area contributed by atoms with Crippen LogP contribution in [0, 0.1) is 0 Å². The SMILES string of the molecule is CCCC/C=C\C/C=C\CCCCCCCC(=O)OC(COC(=O)CCCCCCCCCC)COC(=O)CCCCCCCCCCCCCCCCCCCCCCCCC. The summed E-state index contributed by atoms with van der Waals surface area (Å²) >= 11 is 0. The first-order valence-corrected chi connectivity index (χ1v) is 27.8. The van der Waals surface area contributed by atoms with E-state index in [1.807, 2.05) is 0 Å². The van der Waals surface area contributed by atoms with Gasteiger partial charge >= 0.3 is 17.9 Å². The van der Waals surface area contributed by atoms with Crippen LogP contribution in [0.1, 0.15) is 303 Å². The largest absolute Gasteiger partial charge is 0.462 e. The fourth-order valence-electron chi connectivity index (χ4n) is 8.23. The third kappa shape index (κ3) is 50.7. The van der Waals surface area contributed by atoms with E-state index in [0.717, 1.165) is 83.5 Å². The minimum Gasteiger partial charge on any atom is -0.462 e. The Labute approximate surface area is 392 Å². The molecule has 1 atom stereocenters. The maximum atomic E-state index is 12.8. The van der Waals surface area contributed by atoms with Crippen LogP contribution >= 0.6 is 0 Å². The molecule has 63 heavy (non-hydrogen) atoms. The van der Waals surface area contributed by atoms with E-state index < -0.39 is 6.10 Å². The fraction of sp³-hybridized carbons (Fsp3) is 0.877. The number of ether oxygens (including phenoxy) is 3. The molecule has 0 aliphatic heterocycles. The van der Waals surface area contributed by atoms with Crippen LogP contribution in [0.25, 0.3) is 0 Å². The molecule has 0 aliphatic rings. The van der Waals surface area contributed by atoms with E-state index in [1.54, 1.807) is 0 Å². The van der Waals surface area contributed by atoms with Gasteiger partial charge in [0.05, 0.1) is 0 Å². The Bertz CT molecular complexity index is 1020. The van der Waals surface area contributed by atoms with Gasteiger partial charge in [0.15, 0.2) is 6.10 Å². The number of carbonyl (C=O) groups is 3. The zero-order valence-electron chi connectivity index (χ0n) is 42.4. The van der Waals surface area contributed by atoms with Crippen molar-refractivity contribution in [1.29, 1.82) is 0 Å². The Morgan fingerprint density at radius 2 is 0.587 bits per heavy atom. The number of esters is 3. The molecule has 0 spiro atoms. The van der Waals surface area contributed by atoms with Crippen LogP contribution in [-0.2, 0) is 28.6 Å². The van der Waals surface area contributed by atoms with E-state index in [4.69, 9.17) is 14.2 Å². The van der Waals surface area contributed by atoms with Crippen molar-refractivity contribution < 1.29 is 28.6 Å². The zero-order chi connectivity index (χ0) is 45.8. The van der Waals surface area contributed by atoms with Gasteiger partial charge < -0.3 is 14.2 Å². The van der Waals surface area contributed by atoms with Crippen LogP contribution in [0.15, 0.2) is 24.3 Å². The smallest absolute Gasteiger partial charge is 0.306 e. The van der Waals surface area contributed by atoms with E-state index in [2.05, 4.69) is 45.1 Å². The minimum atomic E-state index is -0.772. The molecular formula is C57H106O6. The Kier molecular flexibility index (Phi) is 50.8. The van der Waals surface area contributed by atoms with Crippen molar-refractivity contribution in [2.75, 3.05) is 13.2 Å². The average molecular weight is 887 g/mol. The second-order valence-electron chi connectivity index (χ2n) is 18.9. The zero-order valence-corrected chi connectivity index (χ0v) is 42.4. The Morgan fingerprint density at radius 3 is 0.921 bits per heavy atom. The molecule has 6 nitrogen and oxygen atoms in total. The summed E-state index contributed by atoms with van der Waals surface area (Å²) in [5, 5.41) is 0. The molecule has 6 heteroatoms. The van der Waals surface area contributed by atoms with Crippen LogP contribution < -0.4 is 0 Å². The fourth-order valence-corrected chi connectivity index (χ4v) is 8.23. The van der Waals surface area contributed by atoms with Crippen molar-refractivity contribution in [1.82, 2.24) is 0 Å². The molecule has 0 saturated heterocycles. The van der Waals surface area contributed by atoms with Crippen molar-refractivity contribution in [3.8, 4) is 0 Å². The lowest BCUT2D eigenvalue weighted by molar-refractivity contribution is -0.167. The molecule has 370 valence electrons. The van der Waals surface area contributed by atoms with Crippen molar-refractivity contribution >= 4 is 17.9 Å². The van der Waals surface area contributed by atoms with Crippen LogP contribution in [0.3, 0.4) is 0 Å². The second kappa shape index (κ2) is 52.5.